The van der Waals surface area contributed by atoms with Crippen LogP contribution in [0, 0.1) is 0 Å². The molecule has 2 aromatic carbocycles. The van der Waals surface area contributed by atoms with Crippen molar-refractivity contribution in [2.45, 2.75) is 6.42 Å². The van der Waals surface area contributed by atoms with Gasteiger partial charge in [-0.2, -0.15) is 0 Å². The lowest BCUT2D eigenvalue weighted by Gasteiger charge is -2.06. The largest absolute Gasteiger partial charge is 0.550 e. The van der Waals surface area contributed by atoms with Crippen LogP contribution in [0.2, 0.25) is 0 Å². The van der Waals surface area contributed by atoms with Gasteiger partial charge in [-0.05, 0) is 41.5 Å². The van der Waals surface area contributed by atoms with E-state index in [2.05, 4.69) is 4.98 Å². The molecule has 3 aromatic rings. The van der Waals surface area contributed by atoms with E-state index in [1.54, 1.807) is 7.11 Å². The molecule has 1 aromatic heterocycles. The molecule has 23 heavy (non-hydrogen) atoms. The molecular formula is C18H14NO3S-. The number of hydrogen-bond acceptors (Lipinski definition) is 5. The first-order chi connectivity index (χ1) is 11.2. The Morgan fingerprint density at radius 3 is 2.61 bits per heavy atom. The minimum atomic E-state index is -1.12. The number of benzene rings is 2. The number of hydrogen-bond donors (Lipinski definition) is 0. The van der Waals surface area contributed by atoms with Gasteiger partial charge in [-0.15, -0.1) is 11.3 Å². The second kappa shape index (κ2) is 6.62. The lowest BCUT2D eigenvalue weighted by molar-refractivity contribution is -0.304. The van der Waals surface area contributed by atoms with Crippen LogP contribution in [0.5, 0.6) is 5.75 Å². The lowest BCUT2D eigenvalue weighted by Crippen LogP contribution is -2.22. The highest BCUT2D eigenvalue weighted by Crippen LogP contribution is 2.30. The van der Waals surface area contributed by atoms with E-state index in [0.717, 1.165) is 21.5 Å². The second-order valence-electron chi connectivity index (χ2n) is 4.98. The second-order valence-corrected chi connectivity index (χ2v) is 6.01. The fourth-order valence-corrected chi connectivity index (χ4v) is 3.23. The van der Waals surface area contributed by atoms with E-state index in [-0.39, 0.29) is 6.42 Å². The van der Waals surface area contributed by atoms with Crippen LogP contribution in [0.15, 0.2) is 48.5 Å². The summed E-state index contributed by atoms with van der Waals surface area (Å²) in [6.45, 7) is 0. The normalized spacial score (nSPS) is 11.6. The smallest absolute Gasteiger partial charge is 0.120 e. The molecule has 0 unspecified atom stereocenters. The summed E-state index contributed by atoms with van der Waals surface area (Å²) < 4.78 is 6.16. The average Bonchev–Trinajstić information content (AvgIpc) is 2.98. The van der Waals surface area contributed by atoms with E-state index in [1.807, 2.05) is 54.6 Å². The van der Waals surface area contributed by atoms with Crippen molar-refractivity contribution in [2.24, 2.45) is 0 Å². The highest BCUT2D eigenvalue weighted by atomic mass is 32.1. The van der Waals surface area contributed by atoms with Crippen LogP contribution in [-0.2, 0) is 4.79 Å². The molecule has 0 N–H and O–H groups in total. The maximum atomic E-state index is 11.1. The standard InChI is InChI=1S/C18H15NO3S/c1-22-14-8-6-12(7-9-14)10-13(11-17(20)21)18-19-15-4-2-3-5-16(15)23-18/h2-10H,11H2,1H3,(H,20,21)/p-1/b13-10+. The number of carbonyl (C=O) groups excluding carboxylic acids is 1. The molecule has 0 spiro atoms. The van der Waals surface area contributed by atoms with Crippen molar-refractivity contribution in [1.29, 1.82) is 0 Å². The molecule has 0 saturated heterocycles. The molecule has 5 heteroatoms. The van der Waals surface area contributed by atoms with Gasteiger partial charge in [-0.1, -0.05) is 24.3 Å². The molecule has 4 nitrogen and oxygen atoms in total. The Morgan fingerprint density at radius 1 is 1.22 bits per heavy atom. The van der Waals surface area contributed by atoms with Crippen LogP contribution in [-0.4, -0.2) is 18.1 Å². The van der Waals surface area contributed by atoms with Crippen LogP contribution in [0.25, 0.3) is 21.9 Å². The first-order valence-electron chi connectivity index (χ1n) is 7.06. The molecule has 1 heterocycles. The predicted molar refractivity (Wildman–Crippen MR) is 90.1 cm³/mol. The van der Waals surface area contributed by atoms with Crippen LogP contribution in [0.3, 0.4) is 0 Å². The van der Waals surface area contributed by atoms with Gasteiger partial charge >= 0.3 is 0 Å². The number of ether oxygens (including phenoxy) is 1. The van der Waals surface area contributed by atoms with Crippen molar-refractivity contribution in [2.75, 3.05) is 7.11 Å². The summed E-state index contributed by atoms with van der Waals surface area (Å²) in [5, 5.41) is 11.8. The van der Waals surface area contributed by atoms with E-state index in [4.69, 9.17) is 4.74 Å². The Bertz CT molecular complexity index is 832. The molecule has 3 rings (SSSR count). The van der Waals surface area contributed by atoms with Crippen LogP contribution < -0.4 is 9.84 Å². The molecule has 0 atom stereocenters. The average molecular weight is 324 g/mol. The summed E-state index contributed by atoms with van der Waals surface area (Å²) >= 11 is 1.48. The molecule has 0 amide bonds. The first kappa shape index (κ1) is 15.2. The summed E-state index contributed by atoms with van der Waals surface area (Å²) in [7, 11) is 1.60. The molecule has 0 saturated carbocycles. The van der Waals surface area contributed by atoms with Crippen molar-refractivity contribution >= 4 is 39.2 Å². The summed E-state index contributed by atoms with van der Waals surface area (Å²) in [5.74, 6) is -0.368. The Labute approximate surface area is 137 Å². The zero-order chi connectivity index (χ0) is 16.2. The molecule has 0 aliphatic carbocycles. The van der Waals surface area contributed by atoms with Crippen molar-refractivity contribution in [3.8, 4) is 5.75 Å². The van der Waals surface area contributed by atoms with Gasteiger partial charge in [0.15, 0.2) is 0 Å². The third kappa shape index (κ3) is 3.57. The van der Waals surface area contributed by atoms with E-state index < -0.39 is 5.97 Å². The SMILES string of the molecule is COc1ccc(/C=C(\CC(=O)[O-])c2nc3ccccc3s2)cc1. The molecule has 0 aliphatic rings. The number of aromatic nitrogens is 1. The van der Waals surface area contributed by atoms with Gasteiger partial charge in [-0.25, -0.2) is 4.98 Å². The van der Waals surface area contributed by atoms with Gasteiger partial charge < -0.3 is 14.6 Å². The number of rotatable bonds is 5. The van der Waals surface area contributed by atoms with Gasteiger partial charge in [0.05, 0.1) is 17.3 Å². The van der Waals surface area contributed by atoms with Crippen LogP contribution in [0.4, 0.5) is 0 Å². The topological polar surface area (TPSA) is 62.2 Å². The number of para-hydroxylation sites is 1. The van der Waals surface area contributed by atoms with E-state index in [1.165, 1.54) is 11.3 Å². The van der Waals surface area contributed by atoms with Crippen LogP contribution >= 0.6 is 11.3 Å². The van der Waals surface area contributed by atoms with Crippen molar-refractivity contribution in [3.05, 3.63) is 59.1 Å². The fraction of sp³-hybridized carbons (Fsp3) is 0.111. The Hall–Kier alpha value is -2.66. The van der Waals surface area contributed by atoms with Crippen LogP contribution in [0.1, 0.15) is 17.0 Å². The van der Waals surface area contributed by atoms with Gasteiger partial charge in [-0.3, -0.25) is 0 Å². The molecule has 0 radical (unpaired) electrons. The molecule has 0 fully saturated rings. The minimum absolute atomic E-state index is 0.175. The molecule has 116 valence electrons. The number of carbonyl (C=O) groups is 1. The van der Waals surface area contributed by atoms with Gasteiger partial charge in [0.1, 0.15) is 10.8 Å². The van der Waals surface area contributed by atoms with E-state index in [9.17, 15) is 9.90 Å². The summed E-state index contributed by atoms with van der Waals surface area (Å²) in [6, 6.07) is 15.2. The molecule has 0 bridgehead atoms. The maximum absolute atomic E-state index is 11.1. The monoisotopic (exact) mass is 324 g/mol. The number of fused-ring (bicyclic) bond motifs is 1. The Kier molecular flexibility index (Phi) is 4.39. The number of nitrogens with zero attached hydrogens (tertiary/aromatic N) is 1. The zero-order valence-electron chi connectivity index (χ0n) is 12.5. The van der Waals surface area contributed by atoms with Crippen molar-refractivity contribution in [1.82, 2.24) is 4.98 Å². The van der Waals surface area contributed by atoms with E-state index >= 15 is 0 Å². The van der Waals surface area contributed by atoms with Crippen molar-refractivity contribution in [3.63, 3.8) is 0 Å². The molecular weight excluding hydrogens is 310 g/mol. The zero-order valence-corrected chi connectivity index (χ0v) is 13.3. The third-order valence-electron chi connectivity index (χ3n) is 3.36. The Balaban J connectivity index is 2.01. The minimum Gasteiger partial charge on any atom is -0.550 e. The van der Waals surface area contributed by atoms with E-state index in [0.29, 0.717) is 10.6 Å². The number of carboxylic acids is 1. The quantitative estimate of drug-likeness (QED) is 0.724. The van der Waals surface area contributed by atoms with Gasteiger partial charge in [0.25, 0.3) is 0 Å². The number of thiazole rings is 1. The molecule has 0 aliphatic heterocycles. The Morgan fingerprint density at radius 2 is 1.96 bits per heavy atom. The maximum Gasteiger partial charge on any atom is 0.120 e. The number of aliphatic carboxylic acids is 1. The van der Waals surface area contributed by atoms with Gasteiger partial charge in [0.2, 0.25) is 0 Å². The number of carboxylic acid groups (broad SMARTS) is 1. The lowest BCUT2D eigenvalue weighted by atomic mass is 10.1. The fourth-order valence-electron chi connectivity index (χ4n) is 2.25. The highest BCUT2D eigenvalue weighted by Gasteiger charge is 2.09. The third-order valence-corrected chi connectivity index (χ3v) is 4.47. The highest BCUT2D eigenvalue weighted by molar-refractivity contribution is 7.19. The van der Waals surface area contributed by atoms with Crippen molar-refractivity contribution < 1.29 is 14.6 Å². The predicted octanol–water partition coefficient (Wildman–Crippen LogP) is 2.99. The van der Waals surface area contributed by atoms with Gasteiger partial charge in [0, 0.05) is 12.4 Å². The summed E-state index contributed by atoms with van der Waals surface area (Å²) in [6.07, 6.45) is 1.65. The summed E-state index contributed by atoms with van der Waals surface area (Å²) in [5.41, 5.74) is 2.39. The summed E-state index contributed by atoms with van der Waals surface area (Å²) in [4.78, 5) is 15.6. The first-order valence-corrected chi connectivity index (χ1v) is 7.88. The number of methoxy groups -OCH3 is 1.